The summed E-state index contributed by atoms with van der Waals surface area (Å²) >= 11 is 0. The molecule has 2 amide bonds. The molecule has 1 saturated carbocycles. The Balaban J connectivity index is 1.82. The lowest BCUT2D eigenvalue weighted by Crippen LogP contribution is -2.66. The van der Waals surface area contributed by atoms with Crippen LogP contribution in [0.25, 0.3) is 0 Å². The maximum Gasteiger partial charge on any atom is 0.249 e. The van der Waals surface area contributed by atoms with Crippen molar-refractivity contribution in [2.75, 3.05) is 6.54 Å². The zero-order valence-electron chi connectivity index (χ0n) is 11.7. The molecule has 6 heteroatoms. The molecule has 3 rings (SSSR count). The normalized spacial score (nSPS) is 26.0. The molecule has 0 spiro atoms. The summed E-state index contributed by atoms with van der Waals surface area (Å²) < 4.78 is 26.2. The van der Waals surface area contributed by atoms with Crippen LogP contribution in [0.1, 0.15) is 25.3 Å². The Bertz CT molecular complexity index is 616. The summed E-state index contributed by atoms with van der Waals surface area (Å²) in [6.07, 6.45) is 1.84. The third kappa shape index (κ3) is 2.50. The van der Waals surface area contributed by atoms with Crippen molar-refractivity contribution in [2.45, 2.75) is 31.8 Å². The molecule has 1 aliphatic heterocycles. The Morgan fingerprint density at radius 3 is 2.62 bits per heavy atom. The van der Waals surface area contributed by atoms with Crippen LogP contribution in [0.3, 0.4) is 0 Å². The Kier molecular flexibility index (Phi) is 3.19. The largest absolute Gasteiger partial charge is 0.340 e. The number of nitrogens with one attached hydrogen (secondary N) is 1. The van der Waals surface area contributed by atoms with Gasteiger partial charge in [0.15, 0.2) is 11.6 Å². The van der Waals surface area contributed by atoms with Gasteiger partial charge in [0, 0.05) is 6.54 Å². The van der Waals surface area contributed by atoms with Gasteiger partial charge in [-0.1, -0.05) is 6.07 Å². The van der Waals surface area contributed by atoms with Crippen LogP contribution in [-0.4, -0.2) is 28.8 Å². The van der Waals surface area contributed by atoms with Crippen molar-refractivity contribution in [3.63, 3.8) is 0 Å². The smallest absolute Gasteiger partial charge is 0.249 e. The van der Waals surface area contributed by atoms with Gasteiger partial charge < -0.3 is 10.2 Å². The number of piperazine rings is 1. The van der Waals surface area contributed by atoms with E-state index in [1.54, 1.807) is 6.92 Å². The van der Waals surface area contributed by atoms with Crippen LogP contribution in [0.5, 0.6) is 0 Å². The van der Waals surface area contributed by atoms with E-state index >= 15 is 0 Å². The SMILES string of the molecule is CC1(C2CC2)NC(=O)CN(Cc2ccc(F)c(F)c2)C1=O. The first-order valence-corrected chi connectivity index (χ1v) is 6.94. The van der Waals surface area contributed by atoms with Gasteiger partial charge in [0.25, 0.3) is 0 Å². The van der Waals surface area contributed by atoms with Crippen LogP contribution in [0.15, 0.2) is 18.2 Å². The van der Waals surface area contributed by atoms with Crippen molar-refractivity contribution < 1.29 is 18.4 Å². The van der Waals surface area contributed by atoms with Crippen molar-refractivity contribution in [3.8, 4) is 0 Å². The van der Waals surface area contributed by atoms with E-state index in [4.69, 9.17) is 0 Å². The predicted octanol–water partition coefficient (Wildman–Crippen LogP) is 1.59. The third-order valence-corrected chi connectivity index (χ3v) is 4.22. The molecular formula is C15H16F2N2O2. The lowest BCUT2D eigenvalue weighted by atomic mass is 9.91. The first kappa shape index (κ1) is 14.0. The van der Waals surface area contributed by atoms with E-state index in [1.165, 1.54) is 11.0 Å². The van der Waals surface area contributed by atoms with Gasteiger partial charge >= 0.3 is 0 Å². The van der Waals surface area contributed by atoms with E-state index in [2.05, 4.69) is 5.32 Å². The minimum absolute atomic E-state index is 0.0554. The van der Waals surface area contributed by atoms with Crippen molar-refractivity contribution in [1.82, 2.24) is 10.2 Å². The summed E-state index contributed by atoms with van der Waals surface area (Å²) in [7, 11) is 0. The van der Waals surface area contributed by atoms with Crippen molar-refractivity contribution in [2.24, 2.45) is 5.92 Å². The number of nitrogens with zero attached hydrogens (tertiary/aromatic N) is 1. The molecule has 4 nitrogen and oxygen atoms in total. The first-order valence-electron chi connectivity index (χ1n) is 6.94. The topological polar surface area (TPSA) is 49.4 Å². The molecule has 1 aromatic carbocycles. The predicted molar refractivity (Wildman–Crippen MR) is 71.0 cm³/mol. The molecule has 1 saturated heterocycles. The number of hydrogen-bond donors (Lipinski definition) is 1. The minimum atomic E-state index is -0.952. The molecule has 0 radical (unpaired) electrons. The second-order valence-corrected chi connectivity index (χ2v) is 5.93. The van der Waals surface area contributed by atoms with Crippen LogP contribution >= 0.6 is 0 Å². The van der Waals surface area contributed by atoms with E-state index in [1.807, 2.05) is 0 Å². The van der Waals surface area contributed by atoms with Gasteiger partial charge in [-0.3, -0.25) is 9.59 Å². The van der Waals surface area contributed by atoms with Gasteiger partial charge in [-0.2, -0.15) is 0 Å². The number of carbonyl (C=O) groups excluding carboxylic acids is 2. The van der Waals surface area contributed by atoms with Gasteiger partial charge in [0.05, 0.1) is 6.54 Å². The summed E-state index contributed by atoms with van der Waals surface area (Å²) in [5.41, 5.74) is -0.399. The zero-order valence-corrected chi connectivity index (χ0v) is 11.7. The number of rotatable bonds is 3. The summed E-state index contributed by atoms with van der Waals surface area (Å²) in [4.78, 5) is 25.8. The number of halogens is 2. The Morgan fingerprint density at radius 2 is 2.00 bits per heavy atom. The second-order valence-electron chi connectivity index (χ2n) is 5.93. The summed E-state index contributed by atoms with van der Waals surface area (Å²) in [6, 6.07) is 3.51. The fraction of sp³-hybridized carbons (Fsp3) is 0.467. The standard InChI is InChI=1S/C15H16F2N2O2/c1-15(10-3-4-10)14(21)19(8-13(20)18-15)7-9-2-5-11(16)12(17)6-9/h2,5-6,10H,3-4,7-8H2,1H3,(H,18,20). The first-order chi connectivity index (χ1) is 9.90. The molecule has 1 aliphatic carbocycles. The highest BCUT2D eigenvalue weighted by Crippen LogP contribution is 2.41. The molecule has 1 aromatic rings. The van der Waals surface area contributed by atoms with Gasteiger partial charge in [0.1, 0.15) is 5.54 Å². The maximum absolute atomic E-state index is 13.2. The molecule has 0 bridgehead atoms. The molecule has 1 heterocycles. The number of benzene rings is 1. The second kappa shape index (κ2) is 4.79. The Hall–Kier alpha value is -1.98. The van der Waals surface area contributed by atoms with E-state index < -0.39 is 17.2 Å². The number of amides is 2. The molecule has 112 valence electrons. The molecule has 1 N–H and O–H groups in total. The van der Waals surface area contributed by atoms with E-state index in [0.717, 1.165) is 25.0 Å². The maximum atomic E-state index is 13.2. The monoisotopic (exact) mass is 294 g/mol. The lowest BCUT2D eigenvalue weighted by molar-refractivity contribution is -0.150. The molecule has 1 unspecified atom stereocenters. The third-order valence-electron chi connectivity index (χ3n) is 4.22. The highest BCUT2D eigenvalue weighted by molar-refractivity contribution is 5.98. The number of carbonyl (C=O) groups is 2. The average Bonchev–Trinajstić information content (AvgIpc) is 3.24. The summed E-state index contributed by atoms with van der Waals surface area (Å²) in [5.74, 6) is -2.08. The van der Waals surface area contributed by atoms with Crippen LogP contribution in [-0.2, 0) is 16.1 Å². The lowest BCUT2D eigenvalue weighted by Gasteiger charge is -2.40. The number of hydrogen-bond acceptors (Lipinski definition) is 2. The van der Waals surface area contributed by atoms with Crippen LogP contribution in [0.2, 0.25) is 0 Å². The quantitative estimate of drug-likeness (QED) is 0.920. The van der Waals surface area contributed by atoms with E-state index in [9.17, 15) is 18.4 Å². The van der Waals surface area contributed by atoms with Crippen molar-refractivity contribution >= 4 is 11.8 Å². The van der Waals surface area contributed by atoms with Crippen molar-refractivity contribution in [3.05, 3.63) is 35.4 Å². The van der Waals surface area contributed by atoms with Gasteiger partial charge in [0.2, 0.25) is 11.8 Å². The fourth-order valence-corrected chi connectivity index (χ4v) is 2.88. The highest BCUT2D eigenvalue weighted by atomic mass is 19.2. The molecule has 2 aliphatic rings. The Morgan fingerprint density at radius 1 is 1.29 bits per heavy atom. The van der Waals surface area contributed by atoms with E-state index in [-0.39, 0.29) is 30.8 Å². The summed E-state index contributed by atoms with van der Waals surface area (Å²) in [6.45, 7) is 1.79. The molecule has 0 aromatic heterocycles. The molecule has 21 heavy (non-hydrogen) atoms. The summed E-state index contributed by atoms with van der Waals surface area (Å²) in [5, 5.41) is 2.78. The zero-order chi connectivity index (χ0) is 15.2. The van der Waals surface area contributed by atoms with Crippen LogP contribution < -0.4 is 5.32 Å². The Labute approximate surface area is 121 Å². The molecule has 1 atom stereocenters. The van der Waals surface area contributed by atoms with E-state index in [0.29, 0.717) is 5.56 Å². The van der Waals surface area contributed by atoms with Gasteiger partial charge in [-0.25, -0.2) is 8.78 Å². The van der Waals surface area contributed by atoms with Gasteiger partial charge in [-0.15, -0.1) is 0 Å². The fourth-order valence-electron chi connectivity index (χ4n) is 2.88. The molecule has 2 fully saturated rings. The van der Waals surface area contributed by atoms with Gasteiger partial charge in [-0.05, 0) is 43.4 Å². The van der Waals surface area contributed by atoms with Crippen LogP contribution in [0.4, 0.5) is 8.78 Å². The average molecular weight is 294 g/mol. The van der Waals surface area contributed by atoms with Crippen LogP contribution in [0, 0.1) is 17.6 Å². The minimum Gasteiger partial charge on any atom is -0.340 e. The molecular weight excluding hydrogens is 278 g/mol. The highest BCUT2D eigenvalue weighted by Gasteiger charge is 2.52. The van der Waals surface area contributed by atoms with Crippen molar-refractivity contribution in [1.29, 1.82) is 0 Å².